The molecular formula is C25H31F3N4O3. The van der Waals surface area contributed by atoms with Crippen LogP contribution < -0.4 is 10.1 Å². The Morgan fingerprint density at radius 3 is 2.60 bits per heavy atom. The molecule has 1 saturated carbocycles. The van der Waals surface area contributed by atoms with Crippen LogP contribution in [0.2, 0.25) is 0 Å². The van der Waals surface area contributed by atoms with Crippen molar-refractivity contribution in [3.05, 3.63) is 41.0 Å². The summed E-state index contributed by atoms with van der Waals surface area (Å²) in [5.41, 5.74) is -0.803. The van der Waals surface area contributed by atoms with E-state index < -0.39 is 23.6 Å². The van der Waals surface area contributed by atoms with E-state index >= 15 is 0 Å². The predicted molar refractivity (Wildman–Crippen MR) is 123 cm³/mol. The molecule has 1 aromatic carbocycles. The number of carbonyl (C=O) groups is 1. The highest BCUT2D eigenvalue weighted by molar-refractivity contribution is 5.94. The highest BCUT2D eigenvalue weighted by atomic mass is 19.4. The standard InChI is InChI=1S/C25H31F3N4O3/c1-4-6-17-7-8-18(20(13-17)35-25(26,27)28)32-19(14-29)22(31-21(32)5-2)23(33)30-15-24(34)11-9-16(3)10-12-24/h7-8,13,16,34H,4-6,9-12,15H2,1-3H3,(H,30,33). The second-order valence-electron chi connectivity index (χ2n) is 9.22. The molecule has 3 rings (SSSR count). The largest absolute Gasteiger partial charge is 0.573 e. The normalized spacial score (nSPS) is 20.3. The molecule has 35 heavy (non-hydrogen) atoms. The zero-order valence-electron chi connectivity index (χ0n) is 20.2. The van der Waals surface area contributed by atoms with Crippen LogP contribution in [0.3, 0.4) is 0 Å². The summed E-state index contributed by atoms with van der Waals surface area (Å²) in [6, 6.07) is 6.33. The van der Waals surface area contributed by atoms with Crippen molar-refractivity contribution in [3.63, 3.8) is 0 Å². The number of imidazole rings is 1. The number of aryl methyl sites for hydroxylation is 2. The van der Waals surface area contributed by atoms with Gasteiger partial charge in [-0.05, 0) is 55.7 Å². The maximum absolute atomic E-state index is 13.2. The van der Waals surface area contributed by atoms with E-state index in [1.807, 2.05) is 13.0 Å². The average molecular weight is 493 g/mol. The number of halogens is 3. The number of benzene rings is 1. The number of nitrogens with zero attached hydrogens (tertiary/aromatic N) is 3. The zero-order valence-corrected chi connectivity index (χ0v) is 20.2. The molecule has 0 spiro atoms. The van der Waals surface area contributed by atoms with E-state index in [9.17, 15) is 28.3 Å². The molecule has 10 heteroatoms. The van der Waals surface area contributed by atoms with Crippen molar-refractivity contribution >= 4 is 5.91 Å². The van der Waals surface area contributed by atoms with Crippen molar-refractivity contribution in [1.82, 2.24) is 14.9 Å². The monoisotopic (exact) mass is 492 g/mol. The summed E-state index contributed by atoms with van der Waals surface area (Å²) in [5.74, 6) is -0.379. The van der Waals surface area contributed by atoms with Crippen molar-refractivity contribution < 1.29 is 27.8 Å². The first-order chi connectivity index (χ1) is 16.5. The fourth-order valence-electron chi connectivity index (χ4n) is 4.42. The van der Waals surface area contributed by atoms with Crippen molar-refractivity contribution in [2.75, 3.05) is 6.54 Å². The van der Waals surface area contributed by atoms with Crippen LogP contribution in [0.5, 0.6) is 5.75 Å². The summed E-state index contributed by atoms with van der Waals surface area (Å²) in [7, 11) is 0. The summed E-state index contributed by atoms with van der Waals surface area (Å²) < 4.78 is 45.1. The van der Waals surface area contributed by atoms with Gasteiger partial charge in [-0.3, -0.25) is 9.36 Å². The number of hydrogen-bond acceptors (Lipinski definition) is 5. The SMILES string of the molecule is CCCc1ccc(-n2c(CC)nc(C(=O)NCC3(O)CCC(C)CC3)c2C#N)c(OC(F)(F)F)c1. The van der Waals surface area contributed by atoms with E-state index in [1.54, 1.807) is 13.0 Å². The van der Waals surface area contributed by atoms with Crippen LogP contribution in [-0.4, -0.2) is 39.1 Å². The highest BCUT2D eigenvalue weighted by Gasteiger charge is 2.35. The van der Waals surface area contributed by atoms with Gasteiger partial charge in [0.15, 0.2) is 17.1 Å². The van der Waals surface area contributed by atoms with E-state index in [1.165, 1.54) is 16.7 Å². The number of aliphatic hydroxyl groups is 1. The third-order valence-corrected chi connectivity index (χ3v) is 6.40. The average Bonchev–Trinajstić information content (AvgIpc) is 3.18. The minimum Gasteiger partial charge on any atom is -0.404 e. The molecule has 1 aromatic heterocycles. The van der Waals surface area contributed by atoms with Gasteiger partial charge in [-0.25, -0.2) is 4.98 Å². The summed E-state index contributed by atoms with van der Waals surface area (Å²) in [6.07, 6.45) is -0.596. The zero-order chi connectivity index (χ0) is 25.8. The first-order valence-electron chi connectivity index (χ1n) is 11.9. The molecule has 1 heterocycles. The molecule has 0 aliphatic heterocycles. The Bertz CT molecular complexity index is 1100. The van der Waals surface area contributed by atoms with Crippen molar-refractivity contribution in [2.24, 2.45) is 5.92 Å². The minimum atomic E-state index is -4.94. The van der Waals surface area contributed by atoms with E-state index in [0.29, 0.717) is 30.7 Å². The lowest BCUT2D eigenvalue weighted by Crippen LogP contribution is -2.45. The lowest BCUT2D eigenvalue weighted by Gasteiger charge is -2.34. The highest BCUT2D eigenvalue weighted by Crippen LogP contribution is 2.34. The second-order valence-corrected chi connectivity index (χ2v) is 9.22. The van der Waals surface area contributed by atoms with Gasteiger partial charge in [0.2, 0.25) is 0 Å². The van der Waals surface area contributed by atoms with Gasteiger partial charge < -0.3 is 15.2 Å². The number of amides is 1. The minimum absolute atomic E-state index is 0.00584. The lowest BCUT2D eigenvalue weighted by molar-refractivity contribution is -0.274. The third-order valence-electron chi connectivity index (χ3n) is 6.40. The lowest BCUT2D eigenvalue weighted by atomic mass is 9.79. The van der Waals surface area contributed by atoms with Crippen LogP contribution in [0.1, 0.15) is 80.4 Å². The molecule has 7 nitrogen and oxygen atoms in total. The van der Waals surface area contributed by atoms with Crippen molar-refractivity contribution in [2.45, 2.75) is 77.7 Å². The molecule has 190 valence electrons. The number of ether oxygens (including phenoxy) is 1. The Morgan fingerprint density at radius 1 is 1.34 bits per heavy atom. The van der Waals surface area contributed by atoms with Gasteiger partial charge in [0.25, 0.3) is 5.91 Å². The molecule has 1 aliphatic rings. The molecule has 1 amide bonds. The molecule has 2 aromatic rings. The van der Waals surface area contributed by atoms with Gasteiger partial charge in [-0.15, -0.1) is 13.2 Å². The van der Waals surface area contributed by atoms with E-state index in [-0.39, 0.29) is 35.9 Å². The fraction of sp³-hybridized carbons (Fsp3) is 0.560. The van der Waals surface area contributed by atoms with Crippen LogP contribution in [0.15, 0.2) is 18.2 Å². The molecule has 0 bridgehead atoms. The number of aromatic nitrogens is 2. The van der Waals surface area contributed by atoms with Gasteiger partial charge in [0.05, 0.1) is 11.3 Å². The first-order valence-corrected chi connectivity index (χ1v) is 11.9. The maximum atomic E-state index is 13.2. The van der Waals surface area contributed by atoms with Crippen LogP contribution in [-0.2, 0) is 12.8 Å². The van der Waals surface area contributed by atoms with Gasteiger partial charge in [-0.2, -0.15) is 5.26 Å². The molecule has 2 N–H and O–H groups in total. The summed E-state index contributed by atoms with van der Waals surface area (Å²) in [6.45, 7) is 5.75. The summed E-state index contributed by atoms with van der Waals surface area (Å²) in [5, 5.41) is 23.3. The number of hydrogen-bond donors (Lipinski definition) is 2. The van der Waals surface area contributed by atoms with E-state index in [2.05, 4.69) is 22.0 Å². The first kappa shape index (κ1) is 26.5. The van der Waals surface area contributed by atoms with Crippen LogP contribution in [0.4, 0.5) is 13.2 Å². The van der Waals surface area contributed by atoms with Gasteiger partial charge in [-0.1, -0.05) is 33.3 Å². The van der Waals surface area contributed by atoms with Crippen LogP contribution >= 0.6 is 0 Å². The van der Waals surface area contributed by atoms with Crippen molar-refractivity contribution in [3.8, 4) is 17.5 Å². The Balaban J connectivity index is 1.98. The Kier molecular flexibility index (Phi) is 8.11. The molecular weight excluding hydrogens is 461 g/mol. The second kappa shape index (κ2) is 10.7. The van der Waals surface area contributed by atoms with E-state index in [0.717, 1.165) is 19.3 Å². The number of nitriles is 1. The van der Waals surface area contributed by atoms with Gasteiger partial charge >= 0.3 is 6.36 Å². The number of carbonyl (C=O) groups excluding carboxylic acids is 1. The smallest absolute Gasteiger partial charge is 0.404 e. The third kappa shape index (κ3) is 6.34. The maximum Gasteiger partial charge on any atom is 0.573 e. The van der Waals surface area contributed by atoms with Gasteiger partial charge in [0, 0.05) is 13.0 Å². The van der Waals surface area contributed by atoms with Crippen LogP contribution in [0, 0.1) is 17.2 Å². The Morgan fingerprint density at radius 2 is 2.03 bits per heavy atom. The van der Waals surface area contributed by atoms with Crippen molar-refractivity contribution in [1.29, 1.82) is 5.26 Å². The van der Waals surface area contributed by atoms with Gasteiger partial charge in [0.1, 0.15) is 11.9 Å². The number of nitrogens with one attached hydrogen (secondary N) is 1. The fourth-order valence-corrected chi connectivity index (χ4v) is 4.42. The molecule has 1 fully saturated rings. The summed E-state index contributed by atoms with van der Waals surface area (Å²) in [4.78, 5) is 17.3. The molecule has 0 unspecified atom stereocenters. The molecule has 0 saturated heterocycles. The number of rotatable bonds is 8. The predicted octanol–water partition coefficient (Wildman–Crippen LogP) is 4.83. The topological polar surface area (TPSA) is 100 Å². The number of alkyl halides is 3. The van der Waals surface area contributed by atoms with E-state index in [4.69, 9.17) is 0 Å². The molecule has 1 aliphatic carbocycles. The molecule has 0 radical (unpaired) electrons. The molecule has 0 atom stereocenters. The quantitative estimate of drug-likeness (QED) is 0.550. The van der Waals surface area contributed by atoms with Crippen LogP contribution in [0.25, 0.3) is 5.69 Å². The Hall–Kier alpha value is -3.06. The Labute approximate surface area is 202 Å². The summed E-state index contributed by atoms with van der Waals surface area (Å²) >= 11 is 0.